The summed E-state index contributed by atoms with van der Waals surface area (Å²) < 4.78 is 13.1. The van der Waals surface area contributed by atoms with Crippen LogP contribution in [0.3, 0.4) is 0 Å². The molecule has 0 amide bonds. The SMILES string of the molecule is CC(C)[C@H](NSC(=O)OC(C)(C)C)C(=O)OCCCBr. The fourth-order valence-electron chi connectivity index (χ4n) is 1.16. The fourth-order valence-corrected chi connectivity index (χ4v) is 2.27. The summed E-state index contributed by atoms with van der Waals surface area (Å²) >= 11 is 4.06. The van der Waals surface area contributed by atoms with Gasteiger partial charge in [0.15, 0.2) is 0 Å². The number of nitrogens with one attached hydrogen (secondary N) is 1. The zero-order valence-corrected chi connectivity index (χ0v) is 15.1. The number of halogens is 1. The highest BCUT2D eigenvalue weighted by molar-refractivity contribution is 9.09. The van der Waals surface area contributed by atoms with Crippen molar-refractivity contribution in [1.82, 2.24) is 4.72 Å². The van der Waals surface area contributed by atoms with Gasteiger partial charge in [-0.1, -0.05) is 29.8 Å². The Hall–Kier alpha value is -0.270. The van der Waals surface area contributed by atoms with Crippen LogP contribution in [0.2, 0.25) is 0 Å². The monoisotopic (exact) mass is 369 g/mol. The molecule has 5 nitrogen and oxygen atoms in total. The first-order valence-electron chi connectivity index (χ1n) is 6.55. The Morgan fingerprint density at radius 1 is 1.30 bits per heavy atom. The maximum Gasteiger partial charge on any atom is 0.383 e. The molecule has 0 aromatic rings. The molecule has 118 valence electrons. The van der Waals surface area contributed by atoms with Crippen molar-refractivity contribution in [3.05, 3.63) is 0 Å². The normalized spacial score (nSPS) is 13.2. The number of rotatable bonds is 7. The third kappa shape index (κ3) is 9.61. The molecule has 7 heteroatoms. The van der Waals surface area contributed by atoms with Gasteiger partial charge in [0.05, 0.1) is 6.61 Å². The van der Waals surface area contributed by atoms with E-state index in [2.05, 4.69) is 20.7 Å². The highest BCUT2D eigenvalue weighted by Gasteiger charge is 2.26. The summed E-state index contributed by atoms with van der Waals surface area (Å²) in [5, 5.41) is 0.323. The number of carbonyl (C=O) groups excluding carboxylic acids is 2. The van der Waals surface area contributed by atoms with Crippen molar-refractivity contribution in [2.24, 2.45) is 5.92 Å². The summed E-state index contributed by atoms with van der Waals surface area (Å²) in [7, 11) is 0. The van der Waals surface area contributed by atoms with Crippen LogP contribution in [0.5, 0.6) is 0 Å². The minimum Gasteiger partial charge on any atom is -0.464 e. The lowest BCUT2D eigenvalue weighted by molar-refractivity contribution is -0.146. The summed E-state index contributed by atoms with van der Waals surface area (Å²) in [6.07, 6.45) is 0.760. The maximum absolute atomic E-state index is 11.9. The number of hydrogen-bond acceptors (Lipinski definition) is 6. The third-order valence-electron chi connectivity index (χ3n) is 2.10. The number of carbonyl (C=O) groups is 2. The molecule has 0 heterocycles. The Balaban J connectivity index is 4.27. The fraction of sp³-hybridized carbons (Fsp3) is 0.846. The molecule has 0 aliphatic heterocycles. The summed E-state index contributed by atoms with van der Waals surface area (Å²) in [4.78, 5) is 23.5. The van der Waals surface area contributed by atoms with Gasteiger partial charge >= 0.3 is 11.3 Å². The van der Waals surface area contributed by atoms with Gasteiger partial charge in [0.1, 0.15) is 11.6 Å². The summed E-state index contributed by atoms with van der Waals surface area (Å²) in [6, 6.07) is -0.539. The van der Waals surface area contributed by atoms with Gasteiger partial charge < -0.3 is 9.47 Å². The Bertz CT molecular complexity index is 318. The molecule has 0 saturated heterocycles. The second-order valence-corrected chi connectivity index (χ2v) is 7.18. The maximum atomic E-state index is 11.9. The van der Waals surface area contributed by atoms with E-state index in [-0.39, 0.29) is 11.9 Å². The Kier molecular flexibility index (Phi) is 9.50. The molecule has 1 atom stereocenters. The first-order chi connectivity index (χ1) is 9.17. The van der Waals surface area contributed by atoms with E-state index >= 15 is 0 Å². The lowest BCUT2D eigenvalue weighted by Gasteiger charge is -2.22. The van der Waals surface area contributed by atoms with Crippen LogP contribution in [0.15, 0.2) is 0 Å². The van der Waals surface area contributed by atoms with Gasteiger partial charge in [-0.2, -0.15) is 0 Å². The molecule has 0 spiro atoms. The second-order valence-electron chi connectivity index (χ2n) is 5.62. The molecule has 0 fully saturated rings. The molecule has 0 aliphatic carbocycles. The third-order valence-corrected chi connectivity index (χ3v) is 3.28. The zero-order valence-electron chi connectivity index (χ0n) is 12.7. The highest BCUT2D eigenvalue weighted by atomic mass is 79.9. The molecule has 0 aromatic heterocycles. The van der Waals surface area contributed by atoms with Crippen LogP contribution in [-0.2, 0) is 14.3 Å². The summed E-state index contributed by atoms with van der Waals surface area (Å²) in [5.74, 6) is -0.335. The van der Waals surface area contributed by atoms with Crippen molar-refractivity contribution in [3.63, 3.8) is 0 Å². The van der Waals surface area contributed by atoms with Crippen molar-refractivity contribution in [1.29, 1.82) is 0 Å². The number of esters is 1. The molecular weight excluding hydrogens is 346 g/mol. The molecule has 0 aromatic carbocycles. The predicted molar refractivity (Wildman–Crippen MR) is 85.0 cm³/mol. The highest BCUT2D eigenvalue weighted by Crippen LogP contribution is 2.15. The molecule has 0 bridgehead atoms. The van der Waals surface area contributed by atoms with E-state index in [9.17, 15) is 9.59 Å². The van der Waals surface area contributed by atoms with Gasteiger partial charge in [-0.15, -0.1) is 0 Å². The van der Waals surface area contributed by atoms with E-state index in [4.69, 9.17) is 9.47 Å². The second kappa shape index (κ2) is 9.63. The van der Waals surface area contributed by atoms with Crippen molar-refractivity contribution in [2.45, 2.75) is 52.7 Å². The van der Waals surface area contributed by atoms with Gasteiger partial charge in [0.2, 0.25) is 0 Å². The Morgan fingerprint density at radius 3 is 2.35 bits per heavy atom. The zero-order chi connectivity index (χ0) is 15.8. The number of hydrogen-bond donors (Lipinski definition) is 1. The first-order valence-corrected chi connectivity index (χ1v) is 8.49. The van der Waals surface area contributed by atoms with Crippen LogP contribution in [-0.4, -0.2) is 34.9 Å². The van der Waals surface area contributed by atoms with Crippen LogP contribution in [0.4, 0.5) is 4.79 Å². The van der Waals surface area contributed by atoms with E-state index in [0.29, 0.717) is 6.61 Å². The molecule has 0 saturated carbocycles. The minimum atomic E-state index is -0.546. The van der Waals surface area contributed by atoms with Gasteiger partial charge in [0.25, 0.3) is 0 Å². The largest absolute Gasteiger partial charge is 0.464 e. The van der Waals surface area contributed by atoms with Crippen LogP contribution in [0.1, 0.15) is 41.0 Å². The predicted octanol–water partition coefficient (Wildman–Crippen LogP) is 3.51. The number of ether oxygens (including phenoxy) is 2. The molecule has 1 N–H and O–H groups in total. The van der Waals surface area contributed by atoms with E-state index in [1.54, 1.807) is 20.8 Å². The quantitative estimate of drug-likeness (QED) is 0.320. The molecule has 0 rings (SSSR count). The van der Waals surface area contributed by atoms with E-state index in [1.165, 1.54) is 0 Å². The van der Waals surface area contributed by atoms with Gasteiger partial charge in [-0.05, 0) is 33.1 Å². The van der Waals surface area contributed by atoms with Crippen LogP contribution in [0, 0.1) is 5.92 Å². The Labute approximate surface area is 133 Å². The van der Waals surface area contributed by atoms with Gasteiger partial charge in [-0.3, -0.25) is 4.79 Å². The average molecular weight is 370 g/mol. The van der Waals surface area contributed by atoms with E-state index in [0.717, 1.165) is 23.7 Å². The Morgan fingerprint density at radius 2 is 1.90 bits per heavy atom. The average Bonchev–Trinajstić information content (AvgIpc) is 2.26. The minimum absolute atomic E-state index is 0.0152. The van der Waals surface area contributed by atoms with Crippen molar-refractivity contribution >= 4 is 39.1 Å². The van der Waals surface area contributed by atoms with Gasteiger partial charge in [-0.25, -0.2) is 9.52 Å². The van der Waals surface area contributed by atoms with E-state index < -0.39 is 16.9 Å². The lowest BCUT2D eigenvalue weighted by atomic mass is 10.1. The van der Waals surface area contributed by atoms with Crippen LogP contribution in [0.25, 0.3) is 0 Å². The van der Waals surface area contributed by atoms with Crippen molar-refractivity contribution in [2.75, 3.05) is 11.9 Å². The standard InChI is InChI=1S/C13H24BrNO4S/c1-9(2)10(11(16)18-8-6-7-14)15-20-12(17)19-13(3,4)5/h9-10,15H,6-8H2,1-5H3/t10-/m0/s1. The molecule has 0 aliphatic rings. The lowest BCUT2D eigenvalue weighted by Crippen LogP contribution is -2.39. The summed E-state index contributed by atoms with van der Waals surface area (Å²) in [6.45, 7) is 9.52. The summed E-state index contributed by atoms with van der Waals surface area (Å²) in [5.41, 5.74) is -0.546. The molecule has 0 radical (unpaired) electrons. The van der Waals surface area contributed by atoms with Crippen molar-refractivity contribution in [3.8, 4) is 0 Å². The smallest absolute Gasteiger partial charge is 0.383 e. The van der Waals surface area contributed by atoms with Crippen molar-refractivity contribution < 1.29 is 19.1 Å². The molecule has 0 unspecified atom stereocenters. The topological polar surface area (TPSA) is 64.6 Å². The molecule has 20 heavy (non-hydrogen) atoms. The number of alkyl halides is 1. The van der Waals surface area contributed by atoms with Crippen LogP contribution < -0.4 is 4.72 Å². The first kappa shape index (κ1) is 19.7. The van der Waals surface area contributed by atoms with E-state index in [1.807, 2.05) is 13.8 Å². The van der Waals surface area contributed by atoms with Gasteiger partial charge in [0, 0.05) is 17.3 Å². The molecular formula is C13H24BrNO4S. The van der Waals surface area contributed by atoms with Crippen LogP contribution >= 0.6 is 27.9 Å².